The van der Waals surface area contributed by atoms with Gasteiger partial charge in [-0.15, -0.1) is 0 Å². The molecule has 3 rings (SSSR count). The maximum atomic E-state index is 13.3. The van der Waals surface area contributed by atoms with Gasteiger partial charge in [-0.1, -0.05) is 6.92 Å². The van der Waals surface area contributed by atoms with Gasteiger partial charge in [0, 0.05) is 51.2 Å². The number of aromatic nitrogens is 1. The van der Waals surface area contributed by atoms with Crippen LogP contribution < -0.4 is 5.32 Å². The number of carbonyl (C=O) groups is 1. The van der Waals surface area contributed by atoms with Crippen LogP contribution in [0.15, 0.2) is 24.5 Å². The van der Waals surface area contributed by atoms with E-state index in [2.05, 4.69) is 33.9 Å². The molecule has 0 saturated carbocycles. The quantitative estimate of drug-likeness (QED) is 0.922. The van der Waals surface area contributed by atoms with E-state index in [4.69, 9.17) is 0 Å². The van der Waals surface area contributed by atoms with Crippen LogP contribution in [0.1, 0.15) is 38.3 Å². The number of nitrogens with one attached hydrogen (secondary N) is 1. The highest BCUT2D eigenvalue weighted by Crippen LogP contribution is 2.26. The van der Waals surface area contributed by atoms with Crippen LogP contribution in [0.2, 0.25) is 0 Å². The standard InChI is InChI=1S/C18H28N4O/c1-14-5-10-21(11-6-14)18(23)17(16-3-7-19-8-4-16)22-12-9-20-15(2)13-22/h3-4,7-8,14-15,17,20H,5-6,9-13H2,1-2H3. The van der Waals surface area contributed by atoms with Gasteiger partial charge >= 0.3 is 0 Å². The summed E-state index contributed by atoms with van der Waals surface area (Å²) in [5.74, 6) is 0.995. The van der Waals surface area contributed by atoms with Crippen LogP contribution in [0.4, 0.5) is 0 Å². The van der Waals surface area contributed by atoms with Crippen LogP contribution in [-0.4, -0.2) is 59.5 Å². The van der Waals surface area contributed by atoms with Gasteiger partial charge in [-0.05, 0) is 43.4 Å². The fourth-order valence-corrected chi connectivity index (χ4v) is 3.65. The Morgan fingerprint density at radius 3 is 2.57 bits per heavy atom. The third kappa shape index (κ3) is 3.90. The van der Waals surface area contributed by atoms with E-state index in [9.17, 15) is 4.79 Å². The predicted octanol–water partition coefficient (Wildman–Crippen LogP) is 1.67. The fraction of sp³-hybridized carbons (Fsp3) is 0.667. The molecule has 1 aromatic heterocycles. The minimum absolute atomic E-state index is 0.170. The van der Waals surface area contributed by atoms with Crippen molar-refractivity contribution in [2.45, 2.75) is 38.8 Å². The summed E-state index contributed by atoms with van der Waals surface area (Å²) in [6.45, 7) is 9.00. The smallest absolute Gasteiger partial charge is 0.244 e. The second kappa shape index (κ2) is 7.41. The highest BCUT2D eigenvalue weighted by molar-refractivity contribution is 5.83. The molecule has 0 radical (unpaired) electrons. The average molecular weight is 316 g/mol. The molecule has 0 aliphatic carbocycles. The van der Waals surface area contributed by atoms with Crippen molar-refractivity contribution in [1.82, 2.24) is 20.1 Å². The summed E-state index contributed by atoms with van der Waals surface area (Å²) in [5, 5.41) is 3.46. The summed E-state index contributed by atoms with van der Waals surface area (Å²) in [7, 11) is 0. The minimum atomic E-state index is -0.170. The summed E-state index contributed by atoms with van der Waals surface area (Å²) < 4.78 is 0. The zero-order chi connectivity index (χ0) is 16.2. The maximum Gasteiger partial charge on any atom is 0.244 e. The van der Waals surface area contributed by atoms with Crippen LogP contribution in [0.5, 0.6) is 0 Å². The second-order valence-corrected chi connectivity index (χ2v) is 7.04. The number of rotatable bonds is 3. The van der Waals surface area contributed by atoms with Gasteiger partial charge in [0.25, 0.3) is 0 Å². The van der Waals surface area contributed by atoms with Crippen LogP contribution >= 0.6 is 0 Å². The number of pyridine rings is 1. The molecule has 3 heterocycles. The summed E-state index contributed by atoms with van der Waals surface area (Å²) in [6, 6.07) is 4.22. The van der Waals surface area contributed by atoms with Crippen molar-refractivity contribution in [2.24, 2.45) is 5.92 Å². The summed E-state index contributed by atoms with van der Waals surface area (Å²) in [6.07, 6.45) is 5.82. The lowest BCUT2D eigenvalue weighted by Crippen LogP contribution is -2.54. The van der Waals surface area contributed by atoms with E-state index >= 15 is 0 Å². The second-order valence-electron chi connectivity index (χ2n) is 7.04. The molecule has 2 fully saturated rings. The first-order chi connectivity index (χ1) is 11.1. The fourth-order valence-electron chi connectivity index (χ4n) is 3.65. The van der Waals surface area contributed by atoms with Crippen LogP contribution in [0.25, 0.3) is 0 Å². The monoisotopic (exact) mass is 316 g/mol. The van der Waals surface area contributed by atoms with Gasteiger partial charge in [-0.25, -0.2) is 0 Å². The highest BCUT2D eigenvalue weighted by atomic mass is 16.2. The van der Waals surface area contributed by atoms with Crippen LogP contribution in [0, 0.1) is 5.92 Å². The molecule has 126 valence electrons. The van der Waals surface area contributed by atoms with Crippen LogP contribution in [-0.2, 0) is 4.79 Å². The first kappa shape index (κ1) is 16.4. The molecule has 1 amide bonds. The van der Waals surface area contributed by atoms with Crippen molar-refractivity contribution in [2.75, 3.05) is 32.7 Å². The maximum absolute atomic E-state index is 13.3. The molecule has 2 saturated heterocycles. The molecule has 2 aliphatic rings. The average Bonchev–Trinajstić information content (AvgIpc) is 2.57. The van der Waals surface area contributed by atoms with Gasteiger partial charge < -0.3 is 10.2 Å². The lowest BCUT2D eigenvalue weighted by molar-refractivity contribution is -0.139. The number of amides is 1. The van der Waals surface area contributed by atoms with E-state index in [1.807, 2.05) is 12.1 Å². The minimum Gasteiger partial charge on any atom is -0.341 e. The number of piperidine rings is 1. The van der Waals surface area contributed by atoms with E-state index in [1.54, 1.807) is 12.4 Å². The van der Waals surface area contributed by atoms with E-state index in [0.717, 1.165) is 57.0 Å². The summed E-state index contributed by atoms with van der Waals surface area (Å²) >= 11 is 0. The van der Waals surface area contributed by atoms with Gasteiger partial charge in [0.15, 0.2) is 0 Å². The number of nitrogens with zero attached hydrogens (tertiary/aromatic N) is 3. The van der Waals surface area contributed by atoms with E-state index in [1.165, 1.54) is 0 Å². The molecule has 1 N–H and O–H groups in total. The Morgan fingerprint density at radius 1 is 1.22 bits per heavy atom. The summed E-state index contributed by atoms with van der Waals surface area (Å²) in [5.41, 5.74) is 1.07. The first-order valence-electron chi connectivity index (χ1n) is 8.81. The van der Waals surface area contributed by atoms with E-state index in [0.29, 0.717) is 6.04 Å². The molecular formula is C18H28N4O. The van der Waals surface area contributed by atoms with Crippen LogP contribution in [0.3, 0.4) is 0 Å². The van der Waals surface area contributed by atoms with Gasteiger partial charge in [-0.3, -0.25) is 14.7 Å². The Hall–Kier alpha value is -1.46. The lowest BCUT2D eigenvalue weighted by atomic mass is 9.97. The Morgan fingerprint density at radius 2 is 1.91 bits per heavy atom. The highest BCUT2D eigenvalue weighted by Gasteiger charge is 2.34. The van der Waals surface area contributed by atoms with Gasteiger partial charge in [0.1, 0.15) is 6.04 Å². The lowest BCUT2D eigenvalue weighted by Gasteiger charge is -2.40. The third-order valence-corrected chi connectivity index (χ3v) is 5.12. The van der Waals surface area contributed by atoms with Crippen molar-refractivity contribution in [3.8, 4) is 0 Å². The Balaban J connectivity index is 1.81. The van der Waals surface area contributed by atoms with Crippen molar-refractivity contribution >= 4 is 5.91 Å². The van der Waals surface area contributed by atoms with Crippen molar-refractivity contribution in [3.63, 3.8) is 0 Å². The molecule has 2 unspecified atom stereocenters. The topological polar surface area (TPSA) is 48.5 Å². The number of hydrogen-bond acceptors (Lipinski definition) is 4. The first-order valence-corrected chi connectivity index (χ1v) is 8.81. The number of hydrogen-bond donors (Lipinski definition) is 1. The molecule has 23 heavy (non-hydrogen) atoms. The number of piperazine rings is 1. The number of likely N-dealkylation sites (tertiary alicyclic amines) is 1. The third-order valence-electron chi connectivity index (χ3n) is 5.12. The van der Waals surface area contributed by atoms with Gasteiger partial charge in [-0.2, -0.15) is 0 Å². The van der Waals surface area contributed by atoms with Crippen molar-refractivity contribution in [1.29, 1.82) is 0 Å². The van der Waals surface area contributed by atoms with Gasteiger partial charge in [0.2, 0.25) is 5.91 Å². The number of carbonyl (C=O) groups excluding carboxylic acids is 1. The molecule has 1 aromatic rings. The molecule has 5 heteroatoms. The molecule has 0 spiro atoms. The zero-order valence-electron chi connectivity index (χ0n) is 14.2. The molecule has 2 atom stereocenters. The molecule has 5 nitrogen and oxygen atoms in total. The Kier molecular flexibility index (Phi) is 5.28. The normalized spacial score (nSPS) is 25.3. The SMILES string of the molecule is CC1CCN(C(=O)C(c2ccncc2)N2CCNC(C)C2)CC1. The van der Waals surface area contributed by atoms with Crippen molar-refractivity contribution < 1.29 is 4.79 Å². The summed E-state index contributed by atoms with van der Waals surface area (Å²) in [4.78, 5) is 21.8. The van der Waals surface area contributed by atoms with Gasteiger partial charge in [0.05, 0.1) is 0 Å². The predicted molar refractivity (Wildman–Crippen MR) is 91.0 cm³/mol. The molecule has 0 bridgehead atoms. The Bertz CT molecular complexity index is 513. The molecule has 0 aromatic carbocycles. The van der Waals surface area contributed by atoms with E-state index in [-0.39, 0.29) is 11.9 Å². The molecule has 2 aliphatic heterocycles. The van der Waals surface area contributed by atoms with Crippen molar-refractivity contribution in [3.05, 3.63) is 30.1 Å². The zero-order valence-corrected chi connectivity index (χ0v) is 14.2. The largest absolute Gasteiger partial charge is 0.341 e. The molecular weight excluding hydrogens is 288 g/mol. The Labute approximate surface area is 139 Å². The van der Waals surface area contributed by atoms with E-state index < -0.39 is 0 Å².